The first-order chi connectivity index (χ1) is 10.5. The smallest absolute Gasteiger partial charge is 0.136 e. The van der Waals surface area contributed by atoms with E-state index in [2.05, 4.69) is 0 Å². The summed E-state index contributed by atoms with van der Waals surface area (Å²) in [6.45, 7) is 1.63. The van der Waals surface area contributed by atoms with Crippen molar-refractivity contribution in [2.75, 3.05) is 0 Å². The normalized spacial score (nSPS) is 19.5. The molecule has 1 atom stereocenters. The molecule has 0 aliphatic carbocycles. The maximum absolute atomic E-state index is 13.4. The highest BCUT2D eigenvalue weighted by atomic mass is 19.1. The molecule has 1 aliphatic rings. The summed E-state index contributed by atoms with van der Waals surface area (Å²) in [5.41, 5.74) is -0.309. The molecule has 0 amide bonds. The van der Waals surface area contributed by atoms with Gasteiger partial charge in [0.25, 0.3) is 0 Å². The molecule has 1 unspecified atom stereocenters. The van der Waals surface area contributed by atoms with E-state index in [9.17, 15) is 13.9 Å². The molecule has 0 saturated carbocycles. The Morgan fingerprint density at radius 1 is 0.909 bits per heavy atom. The van der Waals surface area contributed by atoms with Gasteiger partial charge in [0.2, 0.25) is 0 Å². The van der Waals surface area contributed by atoms with Crippen LogP contribution in [0.3, 0.4) is 0 Å². The summed E-state index contributed by atoms with van der Waals surface area (Å²) in [6, 6.07) is 11.8. The summed E-state index contributed by atoms with van der Waals surface area (Å²) < 4.78 is 32.6. The number of hydrogen-bond acceptors (Lipinski definition) is 2. The molecule has 0 radical (unpaired) electrons. The van der Waals surface area contributed by atoms with E-state index in [1.807, 2.05) is 0 Å². The molecular formula is C18H12F2O2. The summed E-state index contributed by atoms with van der Waals surface area (Å²) in [5.74, 6) is -0.0340. The van der Waals surface area contributed by atoms with Crippen molar-refractivity contribution in [2.24, 2.45) is 0 Å². The van der Waals surface area contributed by atoms with Crippen molar-refractivity contribution < 1.29 is 18.6 Å². The lowest BCUT2D eigenvalue weighted by Gasteiger charge is -2.34. The van der Waals surface area contributed by atoms with Crippen LogP contribution in [0.4, 0.5) is 8.78 Å². The van der Waals surface area contributed by atoms with Crippen molar-refractivity contribution in [3.05, 3.63) is 71.3 Å². The molecule has 3 aromatic rings. The van der Waals surface area contributed by atoms with E-state index in [0.29, 0.717) is 33.4 Å². The van der Waals surface area contributed by atoms with Crippen LogP contribution in [0.2, 0.25) is 0 Å². The summed E-state index contributed by atoms with van der Waals surface area (Å²) in [4.78, 5) is 0. The van der Waals surface area contributed by atoms with E-state index < -0.39 is 11.4 Å². The second kappa shape index (κ2) is 4.27. The Labute approximate surface area is 125 Å². The van der Waals surface area contributed by atoms with Crippen LogP contribution in [0.25, 0.3) is 10.8 Å². The summed E-state index contributed by atoms with van der Waals surface area (Å²) in [5, 5.41) is 12.4. The lowest BCUT2D eigenvalue weighted by Crippen LogP contribution is -2.27. The van der Waals surface area contributed by atoms with Crippen molar-refractivity contribution in [3.63, 3.8) is 0 Å². The number of ether oxygens (including phenoxy) is 1. The van der Waals surface area contributed by atoms with E-state index in [0.717, 1.165) is 0 Å². The maximum atomic E-state index is 13.4. The van der Waals surface area contributed by atoms with Gasteiger partial charge in [0, 0.05) is 17.2 Å². The zero-order valence-corrected chi connectivity index (χ0v) is 11.7. The third-order valence-corrected chi connectivity index (χ3v) is 4.12. The second-order valence-electron chi connectivity index (χ2n) is 5.62. The van der Waals surface area contributed by atoms with Gasteiger partial charge in [0.1, 0.15) is 28.7 Å². The van der Waals surface area contributed by atoms with E-state index in [1.54, 1.807) is 25.1 Å². The van der Waals surface area contributed by atoms with Crippen molar-refractivity contribution >= 4 is 10.8 Å². The van der Waals surface area contributed by atoms with Crippen molar-refractivity contribution in [2.45, 2.75) is 12.5 Å². The lowest BCUT2D eigenvalue weighted by molar-refractivity contribution is 0.0917. The molecule has 0 aromatic heterocycles. The highest BCUT2D eigenvalue weighted by Crippen LogP contribution is 2.49. The van der Waals surface area contributed by atoms with Gasteiger partial charge in [-0.15, -0.1) is 0 Å². The molecule has 0 bridgehead atoms. The molecular weight excluding hydrogens is 286 g/mol. The Kier molecular flexibility index (Phi) is 2.57. The Bertz CT molecular complexity index is 916. The quantitative estimate of drug-likeness (QED) is 0.663. The zero-order valence-electron chi connectivity index (χ0n) is 11.7. The molecule has 4 heteroatoms. The Hall–Kier alpha value is -2.46. The highest BCUT2D eigenvalue weighted by molar-refractivity contribution is 5.90. The number of aliphatic hydroxyl groups is 1. The van der Waals surface area contributed by atoms with E-state index in [4.69, 9.17) is 4.74 Å². The average Bonchev–Trinajstić information content (AvgIpc) is 2.46. The Morgan fingerprint density at radius 2 is 1.64 bits per heavy atom. The molecule has 1 N–H and O–H groups in total. The molecule has 1 heterocycles. The van der Waals surface area contributed by atoms with Crippen LogP contribution in [0.5, 0.6) is 11.5 Å². The molecule has 110 valence electrons. The SMILES string of the molecule is CC1(O)c2ccc(F)cc2Oc2ccc3cc(F)ccc3c21. The maximum Gasteiger partial charge on any atom is 0.136 e. The fourth-order valence-electron chi connectivity index (χ4n) is 3.10. The first-order valence-corrected chi connectivity index (χ1v) is 6.90. The van der Waals surface area contributed by atoms with Crippen LogP contribution in [0.1, 0.15) is 18.1 Å². The number of rotatable bonds is 0. The molecule has 0 spiro atoms. The minimum absolute atomic E-state index is 0.291. The first-order valence-electron chi connectivity index (χ1n) is 6.90. The fourth-order valence-corrected chi connectivity index (χ4v) is 3.10. The van der Waals surface area contributed by atoms with Crippen LogP contribution in [0, 0.1) is 11.6 Å². The third-order valence-electron chi connectivity index (χ3n) is 4.12. The van der Waals surface area contributed by atoms with Crippen LogP contribution >= 0.6 is 0 Å². The summed E-state index contributed by atoms with van der Waals surface area (Å²) >= 11 is 0. The molecule has 4 rings (SSSR count). The number of fused-ring (bicyclic) bond motifs is 4. The molecule has 1 aliphatic heterocycles. The summed E-state index contributed by atoms with van der Waals surface area (Å²) in [7, 11) is 0. The Balaban J connectivity index is 2.06. The van der Waals surface area contributed by atoms with Crippen LogP contribution in [0.15, 0.2) is 48.5 Å². The zero-order chi connectivity index (χ0) is 15.5. The molecule has 22 heavy (non-hydrogen) atoms. The van der Waals surface area contributed by atoms with Gasteiger partial charge in [0.05, 0.1) is 0 Å². The third kappa shape index (κ3) is 1.74. The van der Waals surface area contributed by atoms with Gasteiger partial charge in [-0.1, -0.05) is 12.1 Å². The van der Waals surface area contributed by atoms with Gasteiger partial charge < -0.3 is 9.84 Å². The minimum Gasteiger partial charge on any atom is -0.456 e. The Morgan fingerprint density at radius 3 is 2.45 bits per heavy atom. The molecule has 0 saturated heterocycles. The monoisotopic (exact) mass is 298 g/mol. The second-order valence-corrected chi connectivity index (χ2v) is 5.62. The van der Waals surface area contributed by atoms with Gasteiger partial charge in [-0.3, -0.25) is 0 Å². The first kappa shape index (κ1) is 13.2. The van der Waals surface area contributed by atoms with Gasteiger partial charge in [0.15, 0.2) is 0 Å². The van der Waals surface area contributed by atoms with Gasteiger partial charge in [-0.05, 0) is 48.0 Å². The van der Waals surface area contributed by atoms with Crippen LogP contribution in [-0.2, 0) is 5.60 Å². The van der Waals surface area contributed by atoms with E-state index in [1.165, 1.54) is 30.3 Å². The molecule has 0 fully saturated rings. The van der Waals surface area contributed by atoms with Gasteiger partial charge >= 0.3 is 0 Å². The lowest BCUT2D eigenvalue weighted by atomic mass is 9.82. The standard InChI is InChI=1S/C18H12F2O2/c1-18(21)14-6-4-12(20)9-16(14)22-15-7-2-10-8-11(19)3-5-13(10)17(15)18/h2-9,21H,1H3. The number of benzene rings is 3. The largest absolute Gasteiger partial charge is 0.456 e. The van der Waals surface area contributed by atoms with E-state index in [-0.39, 0.29) is 5.82 Å². The van der Waals surface area contributed by atoms with Crippen molar-refractivity contribution in [1.29, 1.82) is 0 Å². The van der Waals surface area contributed by atoms with Crippen LogP contribution in [-0.4, -0.2) is 5.11 Å². The predicted molar refractivity (Wildman–Crippen MR) is 79.1 cm³/mol. The number of halogens is 2. The summed E-state index contributed by atoms with van der Waals surface area (Å²) in [6.07, 6.45) is 0. The molecule has 2 nitrogen and oxygen atoms in total. The molecule has 3 aromatic carbocycles. The number of hydrogen-bond donors (Lipinski definition) is 1. The van der Waals surface area contributed by atoms with Gasteiger partial charge in [-0.25, -0.2) is 8.78 Å². The van der Waals surface area contributed by atoms with Crippen molar-refractivity contribution in [3.8, 4) is 11.5 Å². The highest BCUT2D eigenvalue weighted by Gasteiger charge is 2.38. The van der Waals surface area contributed by atoms with E-state index >= 15 is 0 Å². The topological polar surface area (TPSA) is 29.5 Å². The predicted octanol–water partition coefficient (Wildman–Crippen LogP) is 4.48. The minimum atomic E-state index is -1.35. The van der Waals surface area contributed by atoms with Crippen molar-refractivity contribution in [1.82, 2.24) is 0 Å². The fraction of sp³-hybridized carbons (Fsp3) is 0.111. The van der Waals surface area contributed by atoms with Crippen LogP contribution < -0.4 is 4.74 Å². The average molecular weight is 298 g/mol. The van der Waals surface area contributed by atoms with Gasteiger partial charge in [-0.2, -0.15) is 0 Å².